The van der Waals surface area contributed by atoms with Crippen LogP contribution < -0.4 is 0 Å². The number of ether oxygens (including phenoxy) is 1. The molecule has 2 aliphatic heterocycles. The van der Waals surface area contributed by atoms with E-state index in [1.54, 1.807) is 12.1 Å². The topological polar surface area (TPSA) is 53.0 Å². The van der Waals surface area contributed by atoms with Gasteiger partial charge in [0.15, 0.2) is 0 Å². The predicted molar refractivity (Wildman–Crippen MR) is 117 cm³/mol. The van der Waals surface area contributed by atoms with Gasteiger partial charge in [-0.25, -0.2) is 4.39 Å². The van der Waals surface area contributed by atoms with Crippen LogP contribution in [-0.4, -0.2) is 66.3 Å². The van der Waals surface area contributed by atoms with E-state index in [1.165, 1.54) is 12.1 Å². The Labute approximate surface area is 183 Å². The third-order valence-electron chi connectivity index (χ3n) is 6.63. The van der Waals surface area contributed by atoms with Gasteiger partial charge in [0.05, 0.1) is 17.6 Å². The van der Waals surface area contributed by atoms with Gasteiger partial charge in [-0.15, -0.1) is 0 Å². The van der Waals surface area contributed by atoms with Crippen LogP contribution in [0.4, 0.5) is 4.39 Å². The number of carbonyl (C=O) groups is 1. The molecule has 2 aromatic carbocycles. The zero-order valence-corrected chi connectivity index (χ0v) is 18.1. The fourth-order valence-electron chi connectivity index (χ4n) is 5.02. The molecule has 0 aliphatic carbocycles. The molecule has 0 unspecified atom stereocenters. The Balaban J connectivity index is 1.44. The zero-order valence-electron chi connectivity index (χ0n) is 18.1. The second-order valence-corrected chi connectivity index (χ2v) is 9.06. The summed E-state index contributed by atoms with van der Waals surface area (Å²) >= 11 is 0. The zero-order chi connectivity index (χ0) is 21.9. The van der Waals surface area contributed by atoms with Gasteiger partial charge in [0.2, 0.25) is 5.91 Å². The number of likely N-dealkylation sites (tertiary alicyclic amines) is 1. The maximum atomic E-state index is 13.7. The molecule has 4 rings (SSSR count). The number of carbonyl (C=O) groups excluding carboxylic acids is 1. The van der Waals surface area contributed by atoms with Gasteiger partial charge < -0.3 is 14.7 Å². The van der Waals surface area contributed by atoms with E-state index in [1.807, 2.05) is 47.2 Å². The maximum Gasteiger partial charge on any atom is 0.233 e. The maximum absolute atomic E-state index is 13.7. The minimum atomic E-state index is -0.951. The van der Waals surface area contributed by atoms with Crippen molar-refractivity contribution in [2.75, 3.05) is 39.9 Å². The first-order chi connectivity index (χ1) is 14.9. The van der Waals surface area contributed by atoms with E-state index in [2.05, 4.69) is 0 Å². The van der Waals surface area contributed by atoms with Crippen LogP contribution in [0.2, 0.25) is 0 Å². The molecular weight excluding hydrogens is 395 g/mol. The number of likely N-dealkylation sites (N-methyl/N-ethyl adjacent to an activating group) is 1. The summed E-state index contributed by atoms with van der Waals surface area (Å²) < 4.78 is 18.7. The number of nitrogens with zero attached hydrogens (tertiary/aromatic N) is 2. The van der Waals surface area contributed by atoms with Crippen LogP contribution >= 0.6 is 0 Å². The van der Waals surface area contributed by atoms with Crippen molar-refractivity contribution in [3.63, 3.8) is 0 Å². The normalized spacial score (nSPS) is 23.3. The van der Waals surface area contributed by atoms with Crippen LogP contribution in [-0.2, 0) is 21.5 Å². The first-order valence-corrected chi connectivity index (χ1v) is 11.0. The molecule has 0 bridgehead atoms. The molecule has 1 amide bonds. The number of aliphatic hydroxyl groups is 1. The molecule has 1 N–H and O–H groups in total. The molecule has 0 saturated carbocycles. The molecule has 31 heavy (non-hydrogen) atoms. The van der Waals surface area contributed by atoms with E-state index in [-0.39, 0.29) is 11.7 Å². The van der Waals surface area contributed by atoms with Crippen molar-refractivity contribution < 1.29 is 19.0 Å². The first kappa shape index (κ1) is 21.9. The molecule has 166 valence electrons. The van der Waals surface area contributed by atoms with Gasteiger partial charge in [0, 0.05) is 32.8 Å². The van der Waals surface area contributed by atoms with Gasteiger partial charge in [-0.3, -0.25) is 9.69 Å². The first-order valence-electron chi connectivity index (χ1n) is 11.0. The number of β-amino-alcohol motifs (C(OH)–C–C–N with tert-alkyl or cyclic N) is 1. The fourth-order valence-corrected chi connectivity index (χ4v) is 5.02. The minimum Gasteiger partial charge on any atom is -0.387 e. The van der Waals surface area contributed by atoms with Crippen molar-refractivity contribution >= 4 is 5.91 Å². The van der Waals surface area contributed by atoms with Gasteiger partial charge in [-0.05, 0) is 49.6 Å². The van der Waals surface area contributed by atoms with Crippen LogP contribution in [0.5, 0.6) is 0 Å². The van der Waals surface area contributed by atoms with Gasteiger partial charge in [0.1, 0.15) is 5.82 Å². The van der Waals surface area contributed by atoms with E-state index in [0.29, 0.717) is 58.7 Å². The molecule has 0 aromatic heterocycles. The summed E-state index contributed by atoms with van der Waals surface area (Å²) in [7, 11) is 1.94. The summed E-state index contributed by atoms with van der Waals surface area (Å²) in [4.78, 5) is 17.6. The smallest absolute Gasteiger partial charge is 0.233 e. The molecule has 6 heteroatoms. The Bertz CT molecular complexity index is 883. The van der Waals surface area contributed by atoms with E-state index in [0.717, 1.165) is 11.1 Å². The average Bonchev–Trinajstić information content (AvgIpc) is 3.17. The monoisotopic (exact) mass is 426 g/mol. The summed E-state index contributed by atoms with van der Waals surface area (Å²) in [6, 6.07) is 16.4. The summed E-state index contributed by atoms with van der Waals surface area (Å²) in [5, 5.41) is 11.2. The van der Waals surface area contributed by atoms with Crippen molar-refractivity contribution in [3.8, 4) is 0 Å². The average molecular weight is 427 g/mol. The number of hydrogen-bond acceptors (Lipinski definition) is 4. The highest BCUT2D eigenvalue weighted by molar-refractivity contribution is 5.88. The summed E-state index contributed by atoms with van der Waals surface area (Å²) in [5.41, 5.74) is 0.494. The van der Waals surface area contributed by atoms with E-state index >= 15 is 0 Å². The van der Waals surface area contributed by atoms with Crippen molar-refractivity contribution in [2.45, 2.75) is 36.8 Å². The molecule has 2 fully saturated rings. The van der Waals surface area contributed by atoms with Gasteiger partial charge in [-0.2, -0.15) is 0 Å². The minimum absolute atomic E-state index is 0.0964. The van der Waals surface area contributed by atoms with Crippen LogP contribution in [0.25, 0.3) is 0 Å². The Hall–Kier alpha value is -2.28. The van der Waals surface area contributed by atoms with E-state index in [4.69, 9.17) is 4.74 Å². The molecular formula is C25H31FN2O3. The Morgan fingerprint density at radius 1 is 1.10 bits per heavy atom. The largest absolute Gasteiger partial charge is 0.387 e. The summed E-state index contributed by atoms with van der Waals surface area (Å²) in [5.74, 6) is -0.158. The lowest BCUT2D eigenvalue weighted by Crippen LogP contribution is -2.51. The molecule has 0 spiro atoms. The molecule has 2 aromatic rings. The van der Waals surface area contributed by atoms with Crippen molar-refractivity contribution in [1.82, 2.24) is 9.80 Å². The quantitative estimate of drug-likeness (QED) is 0.772. The number of amides is 1. The third-order valence-corrected chi connectivity index (χ3v) is 6.63. The highest BCUT2D eigenvalue weighted by atomic mass is 19.1. The number of halogens is 1. The van der Waals surface area contributed by atoms with Crippen molar-refractivity contribution in [3.05, 3.63) is 71.5 Å². The predicted octanol–water partition coefficient (Wildman–Crippen LogP) is 2.97. The molecule has 2 heterocycles. The van der Waals surface area contributed by atoms with E-state index in [9.17, 15) is 14.3 Å². The van der Waals surface area contributed by atoms with Crippen molar-refractivity contribution in [2.24, 2.45) is 0 Å². The Morgan fingerprint density at radius 3 is 2.45 bits per heavy atom. The van der Waals surface area contributed by atoms with Crippen LogP contribution in [0.1, 0.15) is 30.4 Å². The van der Waals surface area contributed by atoms with Gasteiger partial charge >= 0.3 is 0 Å². The fraction of sp³-hybridized carbons (Fsp3) is 0.480. The molecule has 2 saturated heterocycles. The summed E-state index contributed by atoms with van der Waals surface area (Å²) in [6.45, 7) is 3.08. The second kappa shape index (κ2) is 9.07. The third kappa shape index (κ3) is 4.81. The van der Waals surface area contributed by atoms with Gasteiger partial charge in [0.25, 0.3) is 0 Å². The SMILES string of the molecule is CN(Cc1ccc(F)cc1)C[C@@]1(O)CCN(C(=O)C2(c3ccccc3)CCOCC2)C1. The molecule has 2 aliphatic rings. The number of rotatable bonds is 6. The Morgan fingerprint density at radius 2 is 1.77 bits per heavy atom. The molecule has 0 radical (unpaired) electrons. The number of hydrogen-bond donors (Lipinski definition) is 1. The molecule has 5 nitrogen and oxygen atoms in total. The van der Waals surface area contributed by atoms with E-state index < -0.39 is 11.0 Å². The lowest BCUT2D eigenvalue weighted by atomic mass is 9.73. The second-order valence-electron chi connectivity index (χ2n) is 9.06. The highest BCUT2D eigenvalue weighted by Gasteiger charge is 2.48. The highest BCUT2D eigenvalue weighted by Crippen LogP contribution is 2.38. The van der Waals surface area contributed by atoms with Crippen LogP contribution in [0.3, 0.4) is 0 Å². The lowest BCUT2D eigenvalue weighted by molar-refractivity contribution is -0.141. The summed E-state index contributed by atoms with van der Waals surface area (Å²) in [6.07, 6.45) is 1.87. The van der Waals surface area contributed by atoms with Crippen LogP contribution in [0.15, 0.2) is 54.6 Å². The lowest BCUT2D eigenvalue weighted by Gasteiger charge is -2.39. The number of benzene rings is 2. The Kier molecular flexibility index (Phi) is 6.42. The van der Waals surface area contributed by atoms with Gasteiger partial charge in [-0.1, -0.05) is 42.5 Å². The van der Waals surface area contributed by atoms with Crippen LogP contribution in [0, 0.1) is 5.82 Å². The standard InChI is InChI=1S/C25H31FN2O3/c1-27(17-20-7-9-22(26)10-8-20)18-24(30)11-14-28(19-24)23(29)25(12-15-31-16-13-25)21-5-3-2-4-6-21/h2-10,30H,11-19H2,1H3/t24-/m0/s1. The van der Waals surface area contributed by atoms with Crippen molar-refractivity contribution in [1.29, 1.82) is 0 Å². The molecule has 1 atom stereocenters.